The average molecular weight is 279 g/mol. The van der Waals surface area contributed by atoms with Gasteiger partial charge in [0.05, 0.1) is 0 Å². The van der Waals surface area contributed by atoms with E-state index in [0.29, 0.717) is 23.9 Å². The molecule has 4 nitrogen and oxygen atoms in total. The molecule has 3 fully saturated rings. The van der Waals surface area contributed by atoms with Crippen LogP contribution in [-0.4, -0.2) is 43.0 Å². The lowest BCUT2D eigenvalue weighted by Gasteiger charge is -2.43. The van der Waals surface area contributed by atoms with Gasteiger partial charge in [0, 0.05) is 24.5 Å². The fraction of sp³-hybridized carbons (Fsp3) is 0.938. The monoisotopic (exact) mass is 279 g/mol. The molecule has 2 saturated carbocycles. The minimum absolute atomic E-state index is 0.219. The highest BCUT2D eigenvalue weighted by Crippen LogP contribution is 2.41. The van der Waals surface area contributed by atoms with Crippen LogP contribution in [0.5, 0.6) is 0 Å². The van der Waals surface area contributed by atoms with Gasteiger partial charge in [-0.25, -0.2) is 0 Å². The van der Waals surface area contributed by atoms with Crippen molar-refractivity contribution >= 4 is 5.91 Å². The molecule has 1 amide bonds. The predicted molar refractivity (Wildman–Crippen MR) is 80.2 cm³/mol. The average Bonchev–Trinajstić information content (AvgIpc) is 2.81. The summed E-state index contributed by atoms with van der Waals surface area (Å²) in [5, 5.41) is 3.21. The number of hydrogen-bond donors (Lipinski definition) is 2. The van der Waals surface area contributed by atoms with Gasteiger partial charge >= 0.3 is 0 Å². The Labute approximate surface area is 122 Å². The lowest BCUT2D eigenvalue weighted by molar-refractivity contribution is -0.128. The highest BCUT2D eigenvalue weighted by Gasteiger charge is 2.40. The van der Waals surface area contributed by atoms with Crippen LogP contribution < -0.4 is 11.1 Å². The van der Waals surface area contributed by atoms with Gasteiger partial charge in [-0.2, -0.15) is 0 Å². The third-order valence-electron chi connectivity index (χ3n) is 5.97. The summed E-state index contributed by atoms with van der Waals surface area (Å²) in [5.41, 5.74) is 6.30. The molecule has 0 spiro atoms. The van der Waals surface area contributed by atoms with Gasteiger partial charge in [-0.3, -0.25) is 4.79 Å². The standard InChI is InChI=1S/C16H29N3O/c1-19-7-3-6-14(19)10-18-16(20)13-8-11-4-2-5-12(9-13)15(11)17/h11-15H,2-10,17H2,1H3,(H,18,20). The Bertz CT molecular complexity index is 346. The Hall–Kier alpha value is -0.610. The zero-order chi connectivity index (χ0) is 14.1. The molecule has 3 atom stereocenters. The zero-order valence-electron chi connectivity index (χ0n) is 12.7. The molecule has 4 heteroatoms. The minimum atomic E-state index is 0.219. The van der Waals surface area contributed by atoms with Crippen LogP contribution in [0.15, 0.2) is 0 Å². The second kappa shape index (κ2) is 6.02. The Balaban J connectivity index is 1.50. The van der Waals surface area contributed by atoms with Crippen LogP contribution in [0.2, 0.25) is 0 Å². The Kier molecular flexibility index (Phi) is 4.32. The van der Waals surface area contributed by atoms with E-state index in [-0.39, 0.29) is 11.8 Å². The van der Waals surface area contributed by atoms with Gasteiger partial charge in [0.2, 0.25) is 5.91 Å². The maximum Gasteiger partial charge on any atom is 0.223 e. The van der Waals surface area contributed by atoms with Crippen molar-refractivity contribution in [2.75, 3.05) is 20.1 Å². The van der Waals surface area contributed by atoms with Crippen LogP contribution in [0.1, 0.15) is 44.9 Å². The number of nitrogens with zero attached hydrogens (tertiary/aromatic N) is 1. The molecular weight excluding hydrogens is 250 g/mol. The van der Waals surface area contributed by atoms with E-state index in [2.05, 4.69) is 17.3 Å². The molecule has 2 bridgehead atoms. The molecule has 3 rings (SSSR count). The Morgan fingerprint density at radius 2 is 1.90 bits per heavy atom. The van der Waals surface area contributed by atoms with Gasteiger partial charge in [-0.05, 0) is 64.0 Å². The number of rotatable bonds is 3. The van der Waals surface area contributed by atoms with Gasteiger partial charge in [-0.15, -0.1) is 0 Å². The minimum Gasteiger partial charge on any atom is -0.354 e. The van der Waals surface area contributed by atoms with E-state index in [4.69, 9.17) is 5.73 Å². The van der Waals surface area contributed by atoms with Gasteiger partial charge < -0.3 is 16.0 Å². The fourth-order valence-electron chi connectivity index (χ4n) is 4.60. The van der Waals surface area contributed by atoms with Crippen LogP contribution in [0.4, 0.5) is 0 Å². The number of hydrogen-bond acceptors (Lipinski definition) is 3. The third-order valence-corrected chi connectivity index (χ3v) is 5.97. The maximum atomic E-state index is 12.4. The molecule has 20 heavy (non-hydrogen) atoms. The van der Waals surface area contributed by atoms with E-state index >= 15 is 0 Å². The first-order valence-corrected chi connectivity index (χ1v) is 8.38. The number of carbonyl (C=O) groups excluding carboxylic acids is 1. The van der Waals surface area contributed by atoms with E-state index in [1.807, 2.05) is 0 Å². The Morgan fingerprint density at radius 3 is 2.50 bits per heavy atom. The normalized spacial score (nSPS) is 41.6. The number of carbonyl (C=O) groups is 1. The maximum absolute atomic E-state index is 12.4. The first-order chi connectivity index (χ1) is 9.65. The number of likely N-dealkylation sites (tertiary alicyclic amines) is 1. The fourth-order valence-corrected chi connectivity index (χ4v) is 4.60. The van der Waals surface area contributed by atoms with Crippen LogP contribution in [0.25, 0.3) is 0 Å². The van der Waals surface area contributed by atoms with E-state index in [9.17, 15) is 4.79 Å². The molecule has 3 unspecified atom stereocenters. The summed E-state index contributed by atoms with van der Waals surface area (Å²) in [6, 6.07) is 0.901. The number of likely N-dealkylation sites (N-methyl/N-ethyl adjacent to an activating group) is 1. The van der Waals surface area contributed by atoms with E-state index in [1.54, 1.807) is 0 Å². The zero-order valence-corrected chi connectivity index (χ0v) is 12.7. The smallest absolute Gasteiger partial charge is 0.223 e. The van der Waals surface area contributed by atoms with Crippen molar-refractivity contribution in [3.8, 4) is 0 Å². The second-order valence-electron chi connectivity index (χ2n) is 7.22. The number of nitrogens with one attached hydrogen (secondary N) is 1. The van der Waals surface area contributed by atoms with Crippen LogP contribution in [0, 0.1) is 17.8 Å². The first kappa shape index (κ1) is 14.3. The van der Waals surface area contributed by atoms with Gasteiger partial charge in [0.1, 0.15) is 0 Å². The number of amides is 1. The first-order valence-electron chi connectivity index (χ1n) is 8.38. The van der Waals surface area contributed by atoms with Crippen molar-refractivity contribution in [2.45, 2.75) is 57.0 Å². The van der Waals surface area contributed by atoms with E-state index < -0.39 is 0 Å². The second-order valence-corrected chi connectivity index (χ2v) is 7.22. The van der Waals surface area contributed by atoms with Crippen molar-refractivity contribution in [3.05, 3.63) is 0 Å². The van der Waals surface area contributed by atoms with Crippen LogP contribution in [-0.2, 0) is 4.79 Å². The third kappa shape index (κ3) is 2.86. The molecule has 114 valence electrons. The van der Waals surface area contributed by atoms with Crippen molar-refractivity contribution in [3.63, 3.8) is 0 Å². The van der Waals surface area contributed by atoms with Gasteiger partial charge in [-0.1, -0.05) is 6.42 Å². The van der Waals surface area contributed by atoms with E-state index in [1.165, 1.54) is 38.6 Å². The van der Waals surface area contributed by atoms with Crippen LogP contribution >= 0.6 is 0 Å². The van der Waals surface area contributed by atoms with Gasteiger partial charge in [0.25, 0.3) is 0 Å². The summed E-state index contributed by atoms with van der Waals surface area (Å²) >= 11 is 0. The highest BCUT2D eigenvalue weighted by molar-refractivity contribution is 5.78. The topological polar surface area (TPSA) is 58.4 Å². The molecule has 1 saturated heterocycles. The van der Waals surface area contributed by atoms with Crippen molar-refractivity contribution in [2.24, 2.45) is 23.5 Å². The van der Waals surface area contributed by atoms with Gasteiger partial charge in [0.15, 0.2) is 0 Å². The summed E-state index contributed by atoms with van der Waals surface area (Å²) in [4.78, 5) is 14.8. The summed E-state index contributed by atoms with van der Waals surface area (Å²) in [6.07, 6.45) is 8.29. The molecule has 2 aliphatic carbocycles. The van der Waals surface area contributed by atoms with E-state index in [0.717, 1.165) is 19.4 Å². The molecule has 3 N–H and O–H groups in total. The van der Waals surface area contributed by atoms with Crippen LogP contribution in [0.3, 0.4) is 0 Å². The van der Waals surface area contributed by atoms with Crippen molar-refractivity contribution in [1.82, 2.24) is 10.2 Å². The molecular formula is C16H29N3O. The molecule has 0 aromatic heterocycles. The predicted octanol–water partition coefficient (Wildman–Crippen LogP) is 1.35. The Morgan fingerprint density at radius 1 is 1.20 bits per heavy atom. The lowest BCUT2D eigenvalue weighted by Crippen LogP contribution is -2.50. The summed E-state index contributed by atoms with van der Waals surface area (Å²) in [7, 11) is 2.16. The lowest BCUT2D eigenvalue weighted by atomic mass is 9.65. The quantitative estimate of drug-likeness (QED) is 0.820. The summed E-state index contributed by atoms with van der Waals surface area (Å²) < 4.78 is 0. The molecule has 1 aliphatic heterocycles. The van der Waals surface area contributed by atoms with Crippen molar-refractivity contribution < 1.29 is 4.79 Å². The molecule has 0 radical (unpaired) electrons. The number of fused-ring (bicyclic) bond motifs is 2. The molecule has 1 heterocycles. The SMILES string of the molecule is CN1CCCC1CNC(=O)C1CC2CCCC(C1)C2N. The van der Waals surface area contributed by atoms with Crippen molar-refractivity contribution in [1.29, 1.82) is 0 Å². The summed E-state index contributed by atoms with van der Waals surface area (Å²) in [6.45, 7) is 2.00. The molecule has 0 aromatic rings. The largest absolute Gasteiger partial charge is 0.354 e. The number of nitrogens with two attached hydrogens (primary N) is 1. The molecule has 0 aromatic carbocycles. The molecule has 3 aliphatic rings. The summed E-state index contributed by atoms with van der Waals surface area (Å²) in [5.74, 6) is 1.69. The highest BCUT2D eigenvalue weighted by atomic mass is 16.1.